The first kappa shape index (κ1) is 20.8. The minimum Gasteiger partial charge on any atom is -0.493 e. The number of nitrogens with two attached hydrogens (primary N) is 2. The van der Waals surface area contributed by atoms with Crippen LogP contribution in [-0.2, 0) is 0 Å². The molecule has 8 heteroatoms. The molecule has 0 atom stereocenters. The van der Waals surface area contributed by atoms with Crippen LogP contribution in [0.1, 0.15) is 0 Å². The number of benzene rings is 2. The second-order valence-electron chi connectivity index (χ2n) is 4.10. The van der Waals surface area contributed by atoms with E-state index < -0.39 is 0 Å². The van der Waals surface area contributed by atoms with Crippen molar-refractivity contribution < 1.29 is 9.47 Å². The summed E-state index contributed by atoms with van der Waals surface area (Å²) in [7, 11) is 3.01. The maximum atomic E-state index is 6.32. The van der Waals surface area contributed by atoms with Crippen LogP contribution in [0.4, 0.5) is 11.4 Å². The fourth-order valence-electron chi connectivity index (χ4n) is 1.97. The van der Waals surface area contributed by atoms with E-state index in [1.54, 1.807) is 24.3 Å². The molecule has 0 fully saturated rings. The number of methoxy groups -OCH3 is 2. The lowest BCUT2D eigenvalue weighted by molar-refractivity contribution is 0.416. The van der Waals surface area contributed by atoms with Crippen LogP contribution in [0.2, 0.25) is 10.0 Å². The summed E-state index contributed by atoms with van der Waals surface area (Å²) in [6.07, 6.45) is 0. The van der Waals surface area contributed by atoms with Crippen LogP contribution in [-0.4, -0.2) is 14.2 Å². The van der Waals surface area contributed by atoms with Gasteiger partial charge in [-0.25, -0.2) is 0 Å². The molecule has 0 unspecified atom stereocenters. The van der Waals surface area contributed by atoms with Crippen molar-refractivity contribution >= 4 is 59.4 Å². The van der Waals surface area contributed by atoms with Crippen LogP contribution in [0.5, 0.6) is 11.5 Å². The van der Waals surface area contributed by atoms with Gasteiger partial charge in [-0.15, -0.1) is 24.8 Å². The van der Waals surface area contributed by atoms with Crippen LogP contribution in [0.15, 0.2) is 24.3 Å². The number of halogens is 4. The van der Waals surface area contributed by atoms with Crippen molar-refractivity contribution in [3.05, 3.63) is 34.3 Å². The normalized spacial score (nSPS) is 9.45. The van der Waals surface area contributed by atoms with Gasteiger partial charge in [0.1, 0.15) is 0 Å². The molecule has 22 heavy (non-hydrogen) atoms. The largest absolute Gasteiger partial charge is 0.493 e. The average Bonchev–Trinajstić information content (AvgIpc) is 2.41. The Morgan fingerprint density at radius 1 is 0.727 bits per heavy atom. The molecule has 4 nitrogen and oxygen atoms in total. The van der Waals surface area contributed by atoms with Gasteiger partial charge in [0.05, 0.1) is 35.6 Å². The molecule has 0 heterocycles. The summed E-state index contributed by atoms with van der Waals surface area (Å²) in [5.74, 6) is 0.826. The van der Waals surface area contributed by atoms with Gasteiger partial charge in [0.2, 0.25) is 0 Å². The average molecular weight is 386 g/mol. The zero-order valence-electron chi connectivity index (χ0n) is 11.9. The van der Waals surface area contributed by atoms with Gasteiger partial charge in [-0.2, -0.15) is 0 Å². The number of anilines is 2. The third-order valence-corrected chi connectivity index (χ3v) is 3.70. The number of hydrogen-bond acceptors (Lipinski definition) is 4. The Bertz CT molecular complexity index is 608. The Kier molecular flexibility index (Phi) is 7.98. The first-order valence-corrected chi connectivity index (χ1v) is 6.51. The van der Waals surface area contributed by atoms with Crippen LogP contribution < -0.4 is 20.9 Å². The lowest BCUT2D eigenvalue weighted by Gasteiger charge is -2.15. The van der Waals surface area contributed by atoms with Crippen molar-refractivity contribution in [2.45, 2.75) is 0 Å². The zero-order chi connectivity index (χ0) is 14.9. The van der Waals surface area contributed by atoms with Gasteiger partial charge in [-0.1, -0.05) is 35.3 Å². The lowest BCUT2D eigenvalue weighted by Crippen LogP contribution is -1.97. The van der Waals surface area contributed by atoms with E-state index in [2.05, 4.69) is 0 Å². The smallest absolute Gasteiger partial charge is 0.160 e. The Morgan fingerprint density at radius 2 is 1.05 bits per heavy atom. The molecular weight excluding hydrogens is 370 g/mol. The Labute approximate surface area is 151 Å². The summed E-state index contributed by atoms with van der Waals surface area (Å²) in [5, 5.41) is 0.780. The predicted molar refractivity (Wildman–Crippen MR) is 98.3 cm³/mol. The van der Waals surface area contributed by atoms with E-state index in [1.807, 2.05) is 0 Å². The topological polar surface area (TPSA) is 70.5 Å². The van der Waals surface area contributed by atoms with E-state index in [-0.39, 0.29) is 24.8 Å². The quantitative estimate of drug-likeness (QED) is 0.752. The van der Waals surface area contributed by atoms with Crippen LogP contribution >= 0.6 is 48.0 Å². The highest BCUT2D eigenvalue weighted by atomic mass is 35.5. The van der Waals surface area contributed by atoms with Crippen LogP contribution in [0.3, 0.4) is 0 Å². The van der Waals surface area contributed by atoms with E-state index >= 15 is 0 Å². The van der Waals surface area contributed by atoms with E-state index in [9.17, 15) is 0 Å². The van der Waals surface area contributed by atoms with Crippen molar-refractivity contribution in [2.75, 3.05) is 25.7 Å². The molecule has 0 aliphatic heterocycles. The summed E-state index contributed by atoms with van der Waals surface area (Å²) >= 11 is 12.6. The van der Waals surface area contributed by atoms with E-state index in [0.29, 0.717) is 44.0 Å². The molecule has 0 aliphatic carbocycles. The van der Waals surface area contributed by atoms with Gasteiger partial charge in [-0.3, -0.25) is 0 Å². The van der Waals surface area contributed by atoms with Crippen LogP contribution in [0.25, 0.3) is 11.1 Å². The molecule has 4 N–H and O–H groups in total. The highest BCUT2D eigenvalue weighted by Crippen LogP contribution is 2.45. The summed E-state index contributed by atoms with van der Waals surface area (Å²) in [5.41, 5.74) is 13.9. The molecular formula is C14H16Cl4N2O2. The molecule has 2 aromatic rings. The van der Waals surface area contributed by atoms with Gasteiger partial charge in [0.25, 0.3) is 0 Å². The second kappa shape index (κ2) is 8.44. The standard InChI is InChI=1S/C14H14Cl2N2O2.2ClH/c1-19-13-9(17)5-3-7(11(13)15)8-4-6-10(18)14(20-2)12(8)16;;/h3-6H,17-18H2,1-2H3;2*1H. The fraction of sp³-hybridized carbons (Fsp3) is 0.143. The monoisotopic (exact) mass is 384 g/mol. The molecule has 2 rings (SSSR count). The molecule has 2 aromatic carbocycles. The maximum absolute atomic E-state index is 6.32. The highest BCUT2D eigenvalue weighted by molar-refractivity contribution is 6.38. The van der Waals surface area contributed by atoms with Crippen molar-refractivity contribution in [1.29, 1.82) is 0 Å². The highest BCUT2D eigenvalue weighted by Gasteiger charge is 2.17. The Hall–Kier alpha value is -1.20. The van der Waals surface area contributed by atoms with Gasteiger partial charge >= 0.3 is 0 Å². The van der Waals surface area contributed by atoms with Crippen LogP contribution in [0, 0.1) is 0 Å². The summed E-state index contributed by atoms with van der Waals surface area (Å²) in [6, 6.07) is 6.96. The number of ether oxygens (including phenoxy) is 2. The van der Waals surface area contributed by atoms with E-state index in [0.717, 1.165) is 0 Å². The minimum atomic E-state index is 0. The maximum Gasteiger partial charge on any atom is 0.160 e. The molecule has 0 aliphatic rings. The fourth-order valence-corrected chi connectivity index (χ4v) is 2.68. The third-order valence-electron chi connectivity index (χ3n) is 2.95. The van der Waals surface area contributed by atoms with Crippen molar-refractivity contribution in [3.8, 4) is 22.6 Å². The van der Waals surface area contributed by atoms with Crippen molar-refractivity contribution in [2.24, 2.45) is 0 Å². The number of nitrogen functional groups attached to an aromatic ring is 2. The molecule has 0 saturated heterocycles. The molecule has 0 saturated carbocycles. The predicted octanol–water partition coefficient (Wildman–Crippen LogP) is 4.69. The summed E-state index contributed by atoms with van der Waals surface area (Å²) in [4.78, 5) is 0. The lowest BCUT2D eigenvalue weighted by atomic mass is 10.0. The Morgan fingerprint density at radius 3 is 1.32 bits per heavy atom. The summed E-state index contributed by atoms with van der Waals surface area (Å²) in [6.45, 7) is 0. The SMILES string of the molecule is COc1c(N)ccc(-c2ccc(N)c(OC)c2Cl)c1Cl.Cl.Cl. The van der Waals surface area contributed by atoms with E-state index in [1.165, 1.54) is 14.2 Å². The first-order valence-electron chi connectivity index (χ1n) is 5.75. The second-order valence-corrected chi connectivity index (χ2v) is 4.86. The minimum absolute atomic E-state index is 0. The van der Waals surface area contributed by atoms with Crippen molar-refractivity contribution in [3.63, 3.8) is 0 Å². The number of hydrogen-bond donors (Lipinski definition) is 2. The third kappa shape index (κ3) is 3.58. The molecule has 0 aromatic heterocycles. The van der Waals surface area contributed by atoms with Gasteiger partial charge in [-0.05, 0) is 12.1 Å². The summed E-state index contributed by atoms with van der Waals surface area (Å²) < 4.78 is 10.4. The van der Waals surface area contributed by atoms with E-state index in [4.69, 9.17) is 44.1 Å². The first-order chi connectivity index (χ1) is 9.51. The molecule has 0 spiro atoms. The zero-order valence-corrected chi connectivity index (χ0v) is 15.0. The molecule has 0 amide bonds. The van der Waals surface area contributed by atoms with Gasteiger partial charge in [0, 0.05) is 11.1 Å². The Balaban J connectivity index is 0.00000220. The number of rotatable bonds is 3. The molecule has 122 valence electrons. The van der Waals surface area contributed by atoms with Crippen molar-refractivity contribution in [1.82, 2.24) is 0 Å². The van der Waals surface area contributed by atoms with Gasteiger partial charge < -0.3 is 20.9 Å². The molecule has 0 radical (unpaired) electrons. The van der Waals surface area contributed by atoms with Gasteiger partial charge in [0.15, 0.2) is 11.5 Å². The molecule has 0 bridgehead atoms.